The van der Waals surface area contributed by atoms with Gasteiger partial charge in [-0.3, -0.25) is 4.90 Å². The van der Waals surface area contributed by atoms with E-state index in [1.807, 2.05) is 0 Å². The van der Waals surface area contributed by atoms with Crippen LogP contribution in [0.4, 0.5) is 0 Å². The molecule has 1 aliphatic heterocycles. The molecule has 1 N–H and O–H groups in total. The highest BCUT2D eigenvalue weighted by Gasteiger charge is 2.18. The first kappa shape index (κ1) is 11.6. The minimum Gasteiger partial charge on any atom is -0.314 e. The fourth-order valence-electron chi connectivity index (χ4n) is 2.31. The molecule has 0 aromatic heterocycles. The van der Waals surface area contributed by atoms with Gasteiger partial charge < -0.3 is 5.32 Å². The summed E-state index contributed by atoms with van der Waals surface area (Å²) in [5, 5.41) is 3.43. The molecule has 0 aliphatic carbocycles. The fraction of sp³-hybridized carbons (Fsp3) is 0.571. The van der Waals surface area contributed by atoms with Gasteiger partial charge in [-0.05, 0) is 31.9 Å². The molecule has 2 rings (SSSR count). The van der Waals surface area contributed by atoms with E-state index in [1.54, 1.807) is 0 Å². The van der Waals surface area contributed by atoms with E-state index in [9.17, 15) is 0 Å². The maximum Gasteiger partial charge on any atom is 0.0240 e. The van der Waals surface area contributed by atoms with E-state index in [-0.39, 0.29) is 0 Å². The van der Waals surface area contributed by atoms with Gasteiger partial charge in [0.2, 0.25) is 0 Å². The van der Waals surface area contributed by atoms with E-state index in [2.05, 4.69) is 49.2 Å². The largest absolute Gasteiger partial charge is 0.314 e. The van der Waals surface area contributed by atoms with Crippen molar-refractivity contribution in [1.82, 2.24) is 10.2 Å². The van der Waals surface area contributed by atoms with Crippen LogP contribution in [-0.4, -0.2) is 30.6 Å². The normalized spacial score (nSPS) is 22.3. The lowest BCUT2D eigenvalue weighted by Gasteiger charge is -2.34. The molecule has 1 aliphatic rings. The molecule has 1 aromatic carbocycles. The minimum absolute atomic E-state index is 0.647. The Labute approximate surface area is 98.7 Å². The molecule has 2 heteroatoms. The van der Waals surface area contributed by atoms with Crippen LogP contribution in [0, 0.1) is 13.8 Å². The molecule has 0 spiro atoms. The molecule has 1 saturated heterocycles. The first-order chi connectivity index (χ1) is 7.66. The molecule has 16 heavy (non-hydrogen) atoms. The third kappa shape index (κ3) is 2.63. The lowest BCUT2D eigenvalue weighted by Crippen LogP contribution is -2.49. The van der Waals surface area contributed by atoms with Crippen LogP contribution >= 0.6 is 0 Å². The number of aryl methyl sites for hydroxylation is 2. The molecular formula is C14H22N2. The lowest BCUT2D eigenvalue weighted by molar-refractivity contribution is 0.165. The number of benzene rings is 1. The fourth-order valence-corrected chi connectivity index (χ4v) is 2.31. The summed E-state index contributed by atoms with van der Waals surface area (Å²) in [6.45, 7) is 11.2. The topological polar surface area (TPSA) is 15.3 Å². The van der Waals surface area contributed by atoms with Gasteiger partial charge in [-0.1, -0.05) is 23.8 Å². The Morgan fingerprint density at radius 3 is 2.94 bits per heavy atom. The number of nitrogens with zero attached hydrogens (tertiary/aromatic N) is 1. The van der Waals surface area contributed by atoms with Crippen LogP contribution in [-0.2, 0) is 6.54 Å². The smallest absolute Gasteiger partial charge is 0.0240 e. The summed E-state index contributed by atoms with van der Waals surface area (Å²) in [4.78, 5) is 2.57. The maximum atomic E-state index is 3.43. The van der Waals surface area contributed by atoms with Crippen molar-refractivity contribution in [2.75, 3.05) is 19.6 Å². The third-order valence-electron chi connectivity index (χ3n) is 3.52. The molecule has 0 radical (unpaired) electrons. The molecule has 1 aromatic rings. The van der Waals surface area contributed by atoms with E-state index >= 15 is 0 Å². The van der Waals surface area contributed by atoms with Crippen LogP contribution < -0.4 is 5.32 Å². The number of hydrogen-bond donors (Lipinski definition) is 1. The average molecular weight is 218 g/mol. The molecule has 0 saturated carbocycles. The molecule has 0 bridgehead atoms. The number of nitrogens with one attached hydrogen (secondary N) is 1. The van der Waals surface area contributed by atoms with E-state index in [4.69, 9.17) is 0 Å². The molecule has 1 atom stereocenters. The molecule has 88 valence electrons. The predicted octanol–water partition coefficient (Wildman–Crippen LogP) is 2.10. The Morgan fingerprint density at radius 2 is 2.19 bits per heavy atom. The van der Waals surface area contributed by atoms with Gasteiger partial charge in [-0.2, -0.15) is 0 Å². The van der Waals surface area contributed by atoms with Gasteiger partial charge in [-0.15, -0.1) is 0 Å². The van der Waals surface area contributed by atoms with E-state index in [0.29, 0.717) is 6.04 Å². The first-order valence-electron chi connectivity index (χ1n) is 6.17. The molecule has 1 fully saturated rings. The lowest BCUT2D eigenvalue weighted by atomic mass is 10.0. The van der Waals surface area contributed by atoms with Crippen molar-refractivity contribution in [2.24, 2.45) is 0 Å². The van der Waals surface area contributed by atoms with Gasteiger partial charge in [-0.25, -0.2) is 0 Å². The van der Waals surface area contributed by atoms with Gasteiger partial charge in [0.05, 0.1) is 0 Å². The van der Waals surface area contributed by atoms with Crippen molar-refractivity contribution < 1.29 is 0 Å². The molecule has 1 heterocycles. The first-order valence-corrected chi connectivity index (χ1v) is 6.17. The second kappa shape index (κ2) is 4.98. The minimum atomic E-state index is 0.647. The molecular weight excluding hydrogens is 196 g/mol. The zero-order valence-corrected chi connectivity index (χ0v) is 10.6. The van der Waals surface area contributed by atoms with Crippen molar-refractivity contribution in [3.8, 4) is 0 Å². The van der Waals surface area contributed by atoms with Gasteiger partial charge in [0.1, 0.15) is 0 Å². The van der Waals surface area contributed by atoms with Crippen molar-refractivity contribution in [3.63, 3.8) is 0 Å². The highest BCUT2D eigenvalue weighted by Crippen LogP contribution is 2.15. The summed E-state index contributed by atoms with van der Waals surface area (Å²) in [5.41, 5.74) is 4.26. The van der Waals surface area contributed by atoms with E-state index in [0.717, 1.165) is 26.2 Å². The van der Waals surface area contributed by atoms with Crippen molar-refractivity contribution in [3.05, 3.63) is 34.9 Å². The van der Waals surface area contributed by atoms with Crippen molar-refractivity contribution in [1.29, 1.82) is 0 Å². The quantitative estimate of drug-likeness (QED) is 0.818. The third-order valence-corrected chi connectivity index (χ3v) is 3.52. The Kier molecular flexibility index (Phi) is 3.62. The summed E-state index contributed by atoms with van der Waals surface area (Å²) in [5.74, 6) is 0. The summed E-state index contributed by atoms with van der Waals surface area (Å²) >= 11 is 0. The van der Waals surface area contributed by atoms with Crippen LogP contribution in [0.15, 0.2) is 18.2 Å². The van der Waals surface area contributed by atoms with Crippen LogP contribution in [0.1, 0.15) is 23.6 Å². The summed E-state index contributed by atoms with van der Waals surface area (Å²) in [6, 6.07) is 7.40. The monoisotopic (exact) mass is 218 g/mol. The van der Waals surface area contributed by atoms with Crippen LogP contribution in [0.2, 0.25) is 0 Å². The van der Waals surface area contributed by atoms with Crippen LogP contribution in [0.3, 0.4) is 0 Å². The Balaban J connectivity index is 2.10. The van der Waals surface area contributed by atoms with Gasteiger partial charge in [0.15, 0.2) is 0 Å². The van der Waals surface area contributed by atoms with Gasteiger partial charge in [0.25, 0.3) is 0 Å². The number of piperazine rings is 1. The average Bonchev–Trinajstić information content (AvgIpc) is 2.27. The highest BCUT2D eigenvalue weighted by atomic mass is 15.2. The van der Waals surface area contributed by atoms with Crippen molar-refractivity contribution >= 4 is 0 Å². The standard InChI is InChI=1S/C14H22N2/c1-11-4-5-12(2)14(8-11)10-16-7-6-15-9-13(16)3/h4-5,8,13,15H,6-7,9-10H2,1-3H3. The Morgan fingerprint density at radius 1 is 1.38 bits per heavy atom. The van der Waals surface area contributed by atoms with Crippen molar-refractivity contribution in [2.45, 2.75) is 33.4 Å². The number of rotatable bonds is 2. The molecule has 0 amide bonds. The summed E-state index contributed by atoms with van der Waals surface area (Å²) < 4.78 is 0. The Bertz CT molecular complexity index is 360. The van der Waals surface area contributed by atoms with Gasteiger partial charge >= 0.3 is 0 Å². The second-order valence-corrected chi connectivity index (χ2v) is 4.95. The summed E-state index contributed by atoms with van der Waals surface area (Å²) in [6.07, 6.45) is 0. The van der Waals surface area contributed by atoms with Gasteiger partial charge in [0, 0.05) is 32.2 Å². The summed E-state index contributed by atoms with van der Waals surface area (Å²) in [7, 11) is 0. The SMILES string of the molecule is Cc1ccc(C)c(CN2CCNCC2C)c1. The van der Waals surface area contributed by atoms with E-state index in [1.165, 1.54) is 16.7 Å². The highest BCUT2D eigenvalue weighted by molar-refractivity contribution is 5.30. The van der Waals surface area contributed by atoms with Crippen LogP contribution in [0.25, 0.3) is 0 Å². The zero-order chi connectivity index (χ0) is 11.5. The maximum absolute atomic E-state index is 3.43. The Hall–Kier alpha value is -0.860. The zero-order valence-electron chi connectivity index (χ0n) is 10.6. The molecule has 2 nitrogen and oxygen atoms in total. The predicted molar refractivity (Wildman–Crippen MR) is 68.7 cm³/mol. The number of hydrogen-bond acceptors (Lipinski definition) is 2. The molecule has 1 unspecified atom stereocenters. The van der Waals surface area contributed by atoms with E-state index < -0.39 is 0 Å². The second-order valence-electron chi connectivity index (χ2n) is 4.95. The van der Waals surface area contributed by atoms with Crippen LogP contribution in [0.5, 0.6) is 0 Å².